The van der Waals surface area contributed by atoms with Gasteiger partial charge in [0.15, 0.2) is 40.6 Å². The molecule has 5 rings (SSSR count). The van der Waals surface area contributed by atoms with E-state index in [1.165, 1.54) is 37.4 Å². The van der Waals surface area contributed by atoms with E-state index < -0.39 is 30.0 Å². The summed E-state index contributed by atoms with van der Waals surface area (Å²) in [5, 5.41) is 40.1. The van der Waals surface area contributed by atoms with Gasteiger partial charge in [0.05, 0.1) is 13.7 Å². The van der Waals surface area contributed by atoms with Crippen LogP contribution in [0.4, 0.5) is 0 Å². The van der Waals surface area contributed by atoms with E-state index >= 15 is 0 Å². The van der Waals surface area contributed by atoms with Crippen molar-refractivity contribution in [2.24, 2.45) is 0 Å². The Kier molecular flexibility index (Phi) is 5.18. The zero-order valence-electron chi connectivity index (χ0n) is 17.9. The van der Waals surface area contributed by atoms with Crippen molar-refractivity contribution in [3.05, 3.63) is 70.4 Å². The van der Waals surface area contributed by atoms with Gasteiger partial charge < -0.3 is 39.1 Å². The van der Waals surface area contributed by atoms with Gasteiger partial charge in [-0.15, -0.1) is 0 Å². The highest BCUT2D eigenvalue weighted by Gasteiger charge is 2.36. The van der Waals surface area contributed by atoms with Crippen LogP contribution in [0.15, 0.2) is 63.8 Å². The highest BCUT2D eigenvalue weighted by atomic mass is 16.6. The van der Waals surface area contributed by atoms with E-state index in [1.54, 1.807) is 24.3 Å². The number of aliphatic hydroxyl groups excluding tert-OH is 1. The average molecular weight is 464 g/mol. The number of fused-ring (bicyclic) bond motifs is 2. The van der Waals surface area contributed by atoms with Crippen LogP contribution in [0.5, 0.6) is 34.5 Å². The van der Waals surface area contributed by atoms with Crippen LogP contribution >= 0.6 is 0 Å². The fourth-order valence-corrected chi connectivity index (χ4v) is 3.94. The maximum absolute atomic E-state index is 12.8. The van der Waals surface area contributed by atoms with Crippen LogP contribution in [0.3, 0.4) is 0 Å². The van der Waals surface area contributed by atoms with Crippen LogP contribution in [0.1, 0.15) is 11.7 Å². The summed E-state index contributed by atoms with van der Waals surface area (Å²) in [6, 6.07) is 13.4. The van der Waals surface area contributed by atoms with Crippen molar-refractivity contribution in [1.82, 2.24) is 0 Å². The van der Waals surface area contributed by atoms with Gasteiger partial charge in [0.2, 0.25) is 5.75 Å². The number of benzene rings is 3. The van der Waals surface area contributed by atoms with E-state index in [4.69, 9.17) is 18.6 Å². The maximum atomic E-state index is 12.8. The normalized spacial score (nSPS) is 17.0. The lowest BCUT2D eigenvalue weighted by molar-refractivity contribution is -0.0139. The molecule has 9 heteroatoms. The molecule has 1 aliphatic rings. The molecule has 1 aromatic heterocycles. The number of phenols is 3. The van der Waals surface area contributed by atoms with E-state index in [0.717, 1.165) is 0 Å². The molecular formula is C25H20O9. The molecule has 3 aromatic carbocycles. The molecule has 9 nitrogen and oxygen atoms in total. The Morgan fingerprint density at radius 1 is 0.971 bits per heavy atom. The molecule has 0 spiro atoms. The van der Waals surface area contributed by atoms with Crippen LogP contribution in [-0.4, -0.2) is 40.2 Å². The monoisotopic (exact) mass is 464 g/mol. The molecule has 2 atom stereocenters. The molecule has 0 saturated heterocycles. The third kappa shape index (κ3) is 3.52. The number of hydrogen-bond acceptors (Lipinski definition) is 9. The Bertz CT molecular complexity index is 1440. The van der Waals surface area contributed by atoms with Gasteiger partial charge in [0, 0.05) is 23.3 Å². The fraction of sp³-hybridized carbons (Fsp3) is 0.160. The number of ether oxygens (including phenoxy) is 3. The number of methoxy groups -OCH3 is 1. The van der Waals surface area contributed by atoms with Crippen LogP contribution in [-0.2, 0) is 0 Å². The predicted molar refractivity (Wildman–Crippen MR) is 121 cm³/mol. The summed E-state index contributed by atoms with van der Waals surface area (Å²) in [6.07, 6.45) is -1.72. The van der Waals surface area contributed by atoms with Crippen LogP contribution in [0, 0.1) is 0 Å². The molecular weight excluding hydrogens is 444 g/mol. The summed E-state index contributed by atoms with van der Waals surface area (Å²) in [6.45, 7) is -0.445. The molecule has 4 N–H and O–H groups in total. The van der Waals surface area contributed by atoms with Gasteiger partial charge in [-0.25, -0.2) is 0 Å². The highest BCUT2D eigenvalue weighted by Crippen LogP contribution is 2.48. The summed E-state index contributed by atoms with van der Waals surface area (Å²) < 4.78 is 22.9. The minimum atomic E-state index is -0.909. The lowest BCUT2D eigenvalue weighted by Gasteiger charge is -2.33. The molecule has 0 radical (unpaired) electrons. The molecule has 0 fully saturated rings. The molecule has 34 heavy (non-hydrogen) atoms. The molecule has 0 amide bonds. The maximum Gasteiger partial charge on any atom is 0.204 e. The first-order valence-electron chi connectivity index (χ1n) is 10.3. The van der Waals surface area contributed by atoms with Crippen molar-refractivity contribution >= 4 is 11.0 Å². The second-order valence-corrected chi connectivity index (χ2v) is 7.76. The number of hydrogen-bond donors (Lipinski definition) is 4. The molecule has 174 valence electrons. The predicted octanol–water partition coefficient (Wildman–Crippen LogP) is 3.46. The van der Waals surface area contributed by atoms with E-state index in [-0.39, 0.29) is 45.5 Å². The Labute approximate surface area is 192 Å². The summed E-state index contributed by atoms with van der Waals surface area (Å²) in [7, 11) is 1.41. The number of rotatable bonds is 4. The van der Waals surface area contributed by atoms with Crippen molar-refractivity contribution in [3.8, 4) is 45.8 Å². The molecule has 0 bridgehead atoms. The zero-order valence-corrected chi connectivity index (χ0v) is 17.9. The number of aliphatic hydroxyl groups is 1. The SMILES string of the molecule is COc1cc([C@H]2Oc3cc4oc(-c5ccc(O)cc5)cc(=O)c4c(O)c3O[C@@H]2CO)ccc1O. The smallest absolute Gasteiger partial charge is 0.204 e. The van der Waals surface area contributed by atoms with Gasteiger partial charge in [-0.2, -0.15) is 0 Å². The number of aromatic hydroxyl groups is 3. The van der Waals surface area contributed by atoms with E-state index in [1.807, 2.05) is 0 Å². The first-order chi connectivity index (χ1) is 16.4. The summed E-state index contributed by atoms with van der Waals surface area (Å²) >= 11 is 0. The van der Waals surface area contributed by atoms with E-state index in [2.05, 4.69) is 0 Å². The van der Waals surface area contributed by atoms with Gasteiger partial charge >= 0.3 is 0 Å². The first kappa shape index (κ1) is 21.5. The van der Waals surface area contributed by atoms with Crippen molar-refractivity contribution in [3.63, 3.8) is 0 Å². The second kappa shape index (κ2) is 8.20. The third-order valence-corrected chi connectivity index (χ3v) is 5.64. The van der Waals surface area contributed by atoms with Crippen molar-refractivity contribution < 1.29 is 39.1 Å². The minimum Gasteiger partial charge on any atom is -0.508 e. The molecule has 4 aromatic rings. The van der Waals surface area contributed by atoms with Crippen LogP contribution in [0.2, 0.25) is 0 Å². The highest BCUT2D eigenvalue weighted by molar-refractivity contribution is 5.89. The van der Waals surface area contributed by atoms with Gasteiger partial charge in [-0.05, 0) is 36.4 Å². The quantitative estimate of drug-likeness (QED) is 0.358. The first-order valence-corrected chi connectivity index (χ1v) is 10.3. The van der Waals surface area contributed by atoms with E-state index in [0.29, 0.717) is 11.1 Å². The largest absolute Gasteiger partial charge is 0.508 e. The fourth-order valence-electron chi connectivity index (χ4n) is 3.94. The third-order valence-electron chi connectivity index (χ3n) is 5.64. The average Bonchev–Trinajstić information content (AvgIpc) is 2.84. The van der Waals surface area contributed by atoms with Crippen LogP contribution < -0.4 is 19.6 Å². The molecule has 0 aliphatic carbocycles. The van der Waals surface area contributed by atoms with Crippen molar-refractivity contribution in [1.29, 1.82) is 0 Å². The van der Waals surface area contributed by atoms with Gasteiger partial charge in [-0.1, -0.05) is 6.07 Å². The molecule has 0 unspecified atom stereocenters. The van der Waals surface area contributed by atoms with Gasteiger partial charge in [0.1, 0.15) is 22.5 Å². The lowest BCUT2D eigenvalue weighted by atomic mass is 10.0. The lowest BCUT2D eigenvalue weighted by Crippen LogP contribution is -2.36. The second-order valence-electron chi connectivity index (χ2n) is 7.76. The topological polar surface area (TPSA) is 139 Å². The summed E-state index contributed by atoms with van der Waals surface area (Å²) in [4.78, 5) is 12.8. The van der Waals surface area contributed by atoms with Crippen molar-refractivity contribution in [2.45, 2.75) is 12.2 Å². The zero-order chi connectivity index (χ0) is 24.0. The summed E-state index contributed by atoms with van der Waals surface area (Å²) in [5.41, 5.74) is 0.679. The standard InChI is InChI=1S/C25H20O9/c1-31-18-8-13(4-7-15(18)28)24-21(11-26)34-25-20(33-24)10-19-22(23(25)30)16(29)9-17(32-19)12-2-5-14(27)6-3-12/h2-10,21,24,26-28,30H,11H2,1H3/t21-,24-/m1/s1. The number of phenolic OH excluding ortho intramolecular Hbond substituents is 3. The Hall–Kier alpha value is -4.37. The van der Waals surface area contributed by atoms with Gasteiger partial charge in [0.25, 0.3) is 0 Å². The Balaban J connectivity index is 1.62. The summed E-state index contributed by atoms with van der Waals surface area (Å²) in [5.74, 6) is 0.0290. The minimum absolute atomic E-state index is 0.0592. The molecule has 0 saturated carbocycles. The van der Waals surface area contributed by atoms with E-state index in [9.17, 15) is 25.2 Å². The Morgan fingerprint density at radius 2 is 1.74 bits per heavy atom. The van der Waals surface area contributed by atoms with Crippen LogP contribution in [0.25, 0.3) is 22.3 Å². The molecule has 2 heterocycles. The Morgan fingerprint density at radius 3 is 2.44 bits per heavy atom. The van der Waals surface area contributed by atoms with Gasteiger partial charge in [-0.3, -0.25) is 4.79 Å². The molecule has 1 aliphatic heterocycles. The van der Waals surface area contributed by atoms with Crippen molar-refractivity contribution in [2.75, 3.05) is 13.7 Å².